The normalized spacial score (nSPS) is 12.8. The van der Waals surface area contributed by atoms with Crippen LogP contribution in [0.2, 0.25) is 0 Å². The van der Waals surface area contributed by atoms with E-state index in [-0.39, 0.29) is 18.5 Å². The van der Waals surface area contributed by atoms with E-state index in [0.29, 0.717) is 19.4 Å². The molecule has 2 unspecified atom stereocenters. The maximum atomic E-state index is 12.3. The van der Waals surface area contributed by atoms with Gasteiger partial charge in [0.2, 0.25) is 5.91 Å². The third-order valence-corrected chi connectivity index (χ3v) is 11.7. The number of carbonyl (C=O) groups is 2. The van der Waals surface area contributed by atoms with E-state index in [9.17, 15) is 19.8 Å². The number of nitrogens with one attached hydrogen (secondary N) is 1. The van der Waals surface area contributed by atoms with Crippen LogP contribution in [0.3, 0.4) is 0 Å². The van der Waals surface area contributed by atoms with Gasteiger partial charge in [-0.05, 0) is 57.8 Å². The van der Waals surface area contributed by atoms with Gasteiger partial charge in [-0.3, -0.25) is 9.59 Å². The molecule has 3 N–H and O–H groups in total. The Morgan fingerprint density at radius 1 is 0.466 bits per heavy atom. The van der Waals surface area contributed by atoms with Crippen molar-refractivity contribution >= 4 is 11.9 Å². The predicted molar refractivity (Wildman–Crippen MR) is 250 cm³/mol. The summed E-state index contributed by atoms with van der Waals surface area (Å²) in [6, 6.07) is -0.645. The zero-order valence-electron chi connectivity index (χ0n) is 38.8. The zero-order valence-corrected chi connectivity index (χ0v) is 38.8. The molecule has 0 aliphatic heterocycles. The quantitative estimate of drug-likeness (QED) is 0.0323. The minimum Gasteiger partial charge on any atom is -0.466 e. The Bertz CT molecular complexity index is 904. The number of amides is 1. The Hall–Kier alpha value is -1.66. The molecular weight excluding hydrogens is 719 g/mol. The van der Waals surface area contributed by atoms with Gasteiger partial charge in [-0.2, -0.15) is 0 Å². The van der Waals surface area contributed by atoms with Crippen molar-refractivity contribution in [1.29, 1.82) is 0 Å². The second kappa shape index (κ2) is 48.0. The molecule has 0 aromatic rings. The van der Waals surface area contributed by atoms with Crippen LogP contribution in [0.25, 0.3) is 0 Å². The second-order valence-corrected chi connectivity index (χ2v) is 17.5. The fourth-order valence-electron chi connectivity index (χ4n) is 7.74. The van der Waals surface area contributed by atoms with E-state index in [1.807, 2.05) is 6.08 Å². The molecule has 0 saturated heterocycles. The van der Waals surface area contributed by atoms with Crippen LogP contribution in [-0.2, 0) is 14.3 Å². The number of allylic oxidation sites excluding steroid dienone is 3. The molecule has 6 heteroatoms. The highest BCUT2D eigenvalue weighted by molar-refractivity contribution is 5.76. The Balaban J connectivity index is 3.45. The van der Waals surface area contributed by atoms with Gasteiger partial charge >= 0.3 is 5.97 Å². The third-order valence-electron chi connectivity index (χ3n) is 11.7. The lowest BCUT2D eigenvalue weighted by molar-refractivity contribution is -0.143. The third kappa shape index (κ3) is 43.9. The number of hydrogen-bond acceptors (Lipinski definition) is 5. The van der Waals surface area contributed by atoms with Crippen LogP contribution in [-0.4, -0.2) is 47.4 Å². The van der Waals surface area contributed by atoms with Gasteiger partial charge in [0.25, 0.3) is 0 Å². The molecule has 0 radical (unpaired) electrons. The van der Waals surface area contributed by atoms with Crippen molar-refractivity contribution in [3.8, 4) is 0 Å². The molecule has 0 spiro atoms. The standard InChI is InChI=1S/C52H99NO5/c1-3-5-7-9-11-13-14-15-16-17-18-19-20-23-26-30-34-38-42-46-52(57)58-47-43-39-35-31-27-24-21-22-25-29-33-37-41-45-51(56)53-49(48-54)50(55)44-40-36-32-28-12-10-8-6-4-2/h22,25,40,44,49-50,54-55H,3-21,23-24,26-39,41-43,45-48H2,1-2H3,(H,53,56)/b25-22-,44-40+. The number of aliphatic hydroxyl groups is 2. The maximum Gasteiger partial charge on any atom is 0.305 e. The van der Waals surface area contributed by atoms with Crippen LogP contribution < -0.4 is 5.32 Å². The van der Waals surface area contributed by atoms with E-state index in [0.717, 1.165) is 70.6 Å². The van der Waals surface area contributed by atoms with Crippen molar-refractivity contribution in [2.45, 2.75) is 283 Å². The average molecular weight is 818 g/mol. The van der Waals surface area contributed by atoms with E-state index in [1.165, 1.54) is 173 Å². The highest BCUT2D eigenvalue weighted by Gasteiger charge is 2.18. The van der Waals surface area contributed by atoms with Crippen molar-refractivity contribution in [2.75, 3.05) is 13.2 Å². The number of rotatable bonds is 47. The summed E-state index contributed by atoms with van der Waals surface area (Å²) in [4.78, 5) is 24.4. The SMILES string of the molecule is CCCCCCCCC/C=C/C(O)C(CO)NC(=O)CCCCC/C=C\CCCCCCCCOC(=O)CCCCCCCCCCCCCCCCCCCCC. The molecule has 2 atom stereocenters. The molecular formula is C52H99NO5. The van der Waals surface area contributed by atoms with Gasteiger partial charge in [-0.15, -0.1) is 0 Å². The summed E-state index contributed by atoms with van der Waals surface area (Å²) < 4.78 is 5.47. The van der Waals surface area contributed by atoms with Crippen LogP contribution in [0.1, 0.15) is 271 Å². The monoisotopic (exact) mass is 818 g/mol. The van der Waals surface area contributed by atoms with Crippen molar-refractivity contribution < 1.29 is 24.5 Å². The topological polar surface area (TPSA) is 95.9 Å². The molecule has 342 valence electrons. The van der Waals surface area contributed by atoms with Crippen molar-refractivity contribution in [3.05, 3.63) is 24.3 Å². The minimum atomic E-state index is -0.858. The van der Waals surface area contributed by atoms with Crippen LogP contribution >= 0.6 is 0 Å². The zero-order chi connectivity index (χ0) is 42.3. The first-order chi connectivity index (χ1) is 28.5. The van der Waals surface area contributed by atoms with Crippen LogP contribution in [0.5, 0.6) is 0 Å². The molecule has 0 aromatic heterocycles. The molecule has 0 heterocycles. The summed E-state index contributed by atoms with van der Waals surface area (Å²) >= 11 is 0. The number of hydrogen-bond donors (Lipinski definition) is 3. The molecule has 0 rings (SSSR count). The lowest BCUT2D eigenvalue weighted by Crippen LogP contribution is -2.45. The molecule has 0 fully saturated rings. The molecule has 0 aliphatic rings. The molecule has 0 bridgehead atoms. The first-order valence-electron chi connectivity index (χ1n) is 25.6. The summed E-state index contributed by atoms with van der Waals surface area (Å²) in [6.45, 7) is 4.83. The summed E-state index contributed by atoms with van der Waals surface area (Å²) in [5.41, 5.74) is 0. The van der Waals surface area contributed by atoms with E-state index in [2.05, 4.69) is 31.3 Å². The number of ether oxygens (including phenoxy) is 1. The lowest BCUT2D eigenvalue weighted by atomic mass is 10.0. The van der Waals surface area contributed by atoms with Gasteiger partial charge in [0.15, 0.2) is 0 Å². The van der Waals surface area contributed by atoms with E-state index >= 15 is 0 Å². The van der Waals surface area contributed by atoms with Crippen LogP contribution in [0, 0.1) is 0 Å². The van der Waals surface area contributed by atoms with Crippen molar-refractivity contribution in [2.24, 2.45) is 0 Å². The van der Waals surface area contributed by atoms with E-state index < -0.39 is 12.1 Å². The lowest BCUT2D eigenvalue weighted by Gasteiger charge is -2.19. The largest absolute Gasteiger partial charge is 0.466 e. The number of carbonyl (C=O) groups excluding carboxylic acids is 2. The molecule has 6 nitrogen and oxygen atoms in total. The summed E-state index contributed by atoms with van der Waals surface area (Å²) in [7, 11) is 0. The highest BCUT2D eigenvalue weighted by atomic mass is 16.5. The van der Waals surface area contributed by atoms with Crippen LogP contribution in [0.4, 0.5) is 0 Å². The predicted octanol–water partition coefficient (Wildman–Crippen LogP) is 15.1. The maximum absolute atomic E-state index is 12.3. The van der Waals surface area contributed by atoms with Gasteiger partial charge in [-0.25, -0.2) is 0 Å². The van der Waals surface area contributed by atoms with Crippen molar-refractivity contribution in [1.82, 2.24) is 5.32 Å². The van der Waals surface area contributed by atoms with Gasteiger partial charge in [0.05, 0.1) is 25.4 Å². The fraction of sp³-hybridized carbons (Fsp3) is 0.885. The molecule has 0 aromatic carbocycles. The molecule has 0 saturated carbocycles. The Labute approximate surface area is 361 Å². The van der Waals surface area contributed by atoms with Crippen LogP contribution in [0.15, 0.2) is 24.3 Å². The second-order valence-electron chi connectivity index (χ2n) is 17.5. The van der Waals surface area contributed by atoms with Gasteiger partial charge < -0.3 is 20.3 Å². The first kappa shape index (κ1) is 56.3. The van der Waals surface area contributed by atoms with Gasteiger partial charge in [0, 0.05) is 12.8 Å². The first-order valence-corrected chi connectivity index (χ1v) is 25.6. The summed E-state index contributed by atoms with van der Waals surface area (Å²) in [5, 5.41) is 22.9. The Morgan fingerprint density at radius 3 is 1.24 bits per heavy atom. The van der Waals surface area contributed by atoms with Gasteiger partial charge in [-0.1, -0.05) is 224 Å². The Kier molecular flexibility index (Phi) is 46.6. The van der Waals surface area contributed by atoms with Gasteiger partial charge in [0.1, 0.15) is 0 Å². The minimum absolute atomic E-state index is 0.0101. The van der Waals surface area contributed by atoms with E-state index in [1.54, 1.807) is 6.08 Å². The fourth-order valence-corrected chi connectivity index (χ4v) is 7.74. The number of esters is 1. The Morgan fingerprint density at radius 2 is 0.810 bits per heavy atom. The molecule has 1 amide bonds. The summed E-state index contributed by atoms with van der Waals surface area (Å²) in [6.07, 6.45) is 56.2. The summed E-state index contributed by atoms with van der Waals surface area (Å²) in [5.74, 6) is -0.111. The molecule has 0 aliphatic carbocycles. The molecule has 58 heavy (non-hydrogen) atoms. The van der Waals surface area contributed by atoms with Crippen molar-refractivity contribution in [3.63, 3.8) is 0 Å². The average Bonchev–Trinajstić information content (AvgIpc) is 3.22. The number of aliphatic hydroxyl groups excluding tert-OH is 2. The smallest absolute Gasteiger partial charge is 0.305 e. The van der Waals surface area contributed by atoms with E-state index in [4.69, 9.17) is 4.74 Å². The number of unbranched alkanes of at least 4 members (excludes halogenated alkanes) is 34. The highest BCUT2D eigenvalue weighted by Crippen LogP contribution is 2.16.